The molecule has 2 atom stereocenters. The smallest absolute Gasteiger partial charge is 0.317 e. The highest BCUT2D eigenvalue weighted by molar-refractivity contribution is 5.80. The first-order chi connectivity index (χ1) is 9.41. The summed E-state index contributed by atoms with van der Waals surface area (Å²) in [5, 5.41) is 12.4. The van der Waals surface area contributed by atoms with E-state index in [1.807, 2.05) is 13.8 Å². The van der Waals surface area contributed by atoms with Crippen molar-refractivity contribution in [3.63, 3.8) is 0 Å². The normalized spacial score (nSPS) is 33.4. The first kappa shape index (κ1) is 15.1. The average molecular weight is 284 g/mol. The van der Waals surface area contributed by atoms with E-state index in [-0.39, 0.29) is 11.6 Å². The van der Waals surface area contributed by atoms with Gasteiger partial charge in [0.25, 0.3) is 0 Å². The topological polar surface area (TPSA) is 78.9 Å². The number of carboxylic acid groups (broad SMARTS) is 1. The van der Waals surface area contributed by atoms with Crippen LogP contribution in [0.15, 0.2) is 0 Å². The van der Waals surface area contributed by atoms with Crippen molar-refractivity contribution in [2.24, 2.45) is 5.41 Å². The van der Waals surface area contributed by atoms with Crippen LogP contribution in [0.4, 0.5) is 4.79 Å². The maximum absolute atomic E-state index is 12.3. The second-order valence-electron chi connectivity index (χ2n) is 6.30. The molecule has 0 aromatic heterocycles. The molecule has 0 aliphatic carbocycles. The van der Waals surface area contributed by atoms with Gasteiger partial charge >= 0.3 is 12.0 Å². The van der Waals surface area contributed by atoms with E-state index in [0.717, 1.165) is 12.8 Å². The minimum absolute atomic E-state index is 0.169. The Labute approximate surface area is 119 Å². The van der Waals surface area contributed by atoms with Crippen LogP contribution in [-0.2, 0) is 9.53 Å². The highest BCUT2D eigenvalue weighted by Gasteiger charge is 2.46. The number of nitrogens with one attached hydrogen (secondary N) is 1. The molecule has 2 amide bonds. The predicted molar refractivity (Wildman–Crippen MR) is 73.5 cm³/mol. The van der Waals surface area contributed by atoms with Crippen LogP contribution in [-0.4, -0.2) is 53.8 Å². The fraction of sp³-hybridized carbons (Fsp3) is 0.857. The zero-order valence-corrected chi connectivity index (χ0v) is 12.3. The van der Waals surface area contributed by atoms with Gasteiger partial charge in [0, 0.05) is 19.7 Å². The van der Waals surface area contributed by atoms with Gasteiger partial charge in [0.15, 0.2) is 0 Å². The first-order valence-electron chi connectivity index (χ1n) is 7.29. The standard InChI is InChI=1S/C14H24N2O4/c1-3-4-14(11(17)18)5-7-16(9-14)12(19)15-13(2)6-8-20-10-13/h3-10H2,1-2H3,(H,15,19)(H,17,18). The summed E-state index contributed by atoms with van der Waals surface area (Å²) in [7, 11) is 0. The number of carbonyl (C=O) groups excluding carboxylic acids is 1. The summed E-state index contributed by atoms with van der Waals surface area (Å²) in [6, 6.07) is -0.169. The number of likely N-dealkylation sites (tertiary alicyclic amines) is 1. The van der Waals surface area contributed by atoms with Gasteiger partial charge in [0.05, 0.1) is 17.6 Å². The molecule has 0 spiro atoms. The van der Waals surface area contributed by atoms with Gasteiger partial charge in [-0.1, -0.05) is 13.3 Å². The van der Waals surface area contributed by atoms with E-state index in [9.17, 15) is 14.7 Å². The number of urea groups is 1. The lowest BCUT2D eigenvalue weighted by molar-refractivity contribution is -0.148. The molecule has 2 unspecified atom stereocenters. The van der Waals surface area contributed by atoms with Gasteiger partial charge < -0.3 is 20.1 Å². The number of ether oxygens (including phenoxy) is 1. The molecule has 2 rings (SSSR count). The molecule has 2 N–H and O–H groups in total. The molecular formula is C14H24N2O4. The van der Waals surface area contributed by atoms with Crippen LogP contribution in [0.5, 0.6) is 0 Å². The molecule has 0 radical (unpaired) electrons. The molecular weight excluding hydrogens is 260 g/mol. The van der Waals surface area contributed by atoms with E-state index in [1.165, 1.54) is 0 Å². The molecule has 2 saturated heterocycles. The van der Waals surface area contributed by atoms with Crippen molar-refractivity contribution in [3.05, 3.63) is 0 Å². The van der Waals surface area contributed by atoms with Crippen molar-refractivity contribution >= 4 is 12.0 Å². The third-order valence-electron chi connectivity index (χ3n) is 4.45. The van der Waals surface area contributed by atoms with Gasteiger partial charge in [-0.3, -0.25) is 4.79 Å². The summed E-state index contributed by atoms with van der Waals surface area (Å²) in [6.45, 7) is 5.93. The maximum atomic E-state index is 12.3. The molecule has 114 valence electrons. The van der Waals surface area contributed by atoms with Crippen LogP contribution in [0.25, 0.3) is 0 Å². The van der Waals surface area contributed by atoms with E-state index in [0.29, 0.717) is 39.1 Å². The zero-order valence-electron chi connectivity index (χ0n) is 12.3. The Morgan fingerprint density at radius 2 is 2.15 bits per heavy atom. The maximum Gasteiger partial charge on any atom is 0.317 e. The summed E-state index contributed by atoms with van der Waals surface area (Å²) < 4.78 is 5.31. The van der Waals surface area contributed by atoms with Gasteiger partial charge in [-0.25, -0.2) is 4.79 Å². The fourth-order valence-corrected chi connectivity index (χ4v) is 3.11. The SMILES string of the molecule is CCCC1(C(=O)O)CCN(C(=O)NC2(C)CCOC2)C1. The molecule has 0 aromatic rings. The highest BCUT2D eigenvalue weighted by Crippen LogP contribution is 2.35. The first-order valence-corrected chi connectivity index (χ1v) is 7.29. The van der Waals surface area contributed by atoms with E-state index < -0.39 is 11.4 Å². The number of amides is 2. The minimum Gasteiger partial charge on any atom is -0.481 e. The molecule has 6 nitrogen and oxygen atoms in total. The highest BCUT2D eigenvalue weighted by atomic mass is 16.5. The monoisotopic (exact) mass is 284 g/mol. The molecule has 2 fully saturated rings. The molecule has 20 heavy (non-hydrogen) atoms. The number of carbonyl (C=O) groups is 2. The quantitative estimate of drug-likeness (QED) is 0.819. The second-order valence-corrected chi connectivity index (χ2v) is 6.30. The third-order valence-corrected chi connectivity index (χ3v) is 4.45. The van der Waals surface area contributed by atoms with Crippen molar-refractivity contribution in [1.29, 1.82) is 0 Å². The number of aliphatic carboxylic acids is 1. The number of nitrogens with zero attached hydrogens (tertiary/aromatic N) is 1. The molecule has 2 aliphatic heterocycles. The van der Waals surface area contributed by atoms with Crippen molar-refractivity contribution in [2.45, 2.75) is 45.1 Å². The van der Waals surface area contributed by atoms with Crippen molar-refractivity contribution in [1.82, 2.24) is 10.2 Å². The van der Waals surface area contributed by atoms with Gasteiger partial charge in [0.2, 0.25) is 0 Å². The van der Waals surface area contributed by atoms with E-state index >= 15 is 0 Å². The number of hydrogen-bond donors (Lipinski definition) is 2. The summed E-state index contributed by atoms with van der Waals surface area (Å²) in [4.78, 5) is 25.4. The lowest BCUT2D eigenvalue weighted by Crippen LogP contribution is -2.52. The lowest BCUT2D eigenvalue weighted by atomic mass is 9.83. The summed E-state index contributed by atoms with van der Waals surface area (Å²) in [5.41, 5.74) is -1.09. The van der Waals surface area contributed by atoms with Gasteiger partial charge in [-0.15, -0.1) is 0 Å². The van der Waals surface area contributed by atoms with Crippen LogP contribution < -0.4 is 5.32 Å². The molecule has 2 aliphatic rings. The summed E-state index contributed by atoms with van der Waals surface area (Å²) >= 11 is 0. The van der Waals surface area contributed by atoms with Crippen LogP contribution in [0.2, 0.25) is 0 Å². The molecule has 0 aromatic carbocycles. The molecule has 0 bridgehead atoms. The number of hydrogen-bond acceptors (Lipinski definition) is 3. The fourth-order valence-electron chi connectivity index (χ4n) is 3.11. The molecule has 6 heteroatoms. The minimum atomic E-state index is -0.787. The van der Waals surface area contributed by atoms with Crippen LogP contribution in [0, 0.1) is 5.41 Å². The Balaban J connectivity index is 1.97. The molecule has 2 heterocycles. The van der Waals surface area contributed by atoms with Crippen LogP contribution >= 0.6 is 0 Å². The zero-order chi connectivity index (χ0) is 14.8. The van der Waals surface area contributed by atoms with Crippen molar-refractivity contribution in [2.75, 3.05) is 26.3 Å². The van der Waals surface area contributed by atoms with Gasteiger partial charge in [-0.2, -0.15) is 0 Å². The van der Waals surface area contributed by atoms with Crippen LogP contribution in [0.3, 0.4) is 0 Å². The van der Waals surface area contributed by atoms with Crippen molar-refractivity contribution in [3.8, 4) is 0 Å². The lowest BCUT2D eigenvalue weighted by Gasteiger charge is -2.29. The number of carboxylic acids is 1. The predicted octanol–water partition coefficient (Wildman–Crippen LogP) is 1.45. The molecule has 0 saturated carbocycles. The Bertz CT molecular complexity index is 393. The average Bonchev–Trinajstić information content (AvgIpc) is 2.97. The van der Waals surface area contributed by atoms with Gasteiger partial charge in [-0.05, 0) is 26.2 Å². The largest absolute Gasteiger partial charge is 0.481 e. The summed E-state index contributed by atoms with van der Waals surface area (Å²) in [5.74, 6) is -0.787. The Hall–Kier alpha value is -1.30. The summed E-state index contributed by atoms with van der Waals surface area (Å²) in [6.07, 6.45) is 2.77. The number of rotatable bonds is 4. The Morgan fingerprint density at radius 3 is 2.70 bits per heavy atom. The van der Waals surface area contributed by atoms with Crippen molar-refractivity contribution < 1.29 is 19.4 Å². The Kier molecular flexibility index (Phi) is 4.22. The second kappa shape index (κ2) is 5.60. The van der Waals surface area contributed by atoms with Crippen LogP contribution in [0.1, 0.15) is 39.5 Å². The third kappa shape index (κ3) is 2.90. The van der Waals surface area contributed by atoms with E-state index in [4.69, 9.17) is 4.74 Å². The Morgan fingerprint density at radius 1 is 1.40 bits per heavy atom. The van der Waals surface area contributed by atoms with E-state index in [1.54, 1.807) is 4.90 Å². The van der Waals surface area contributed by atoms with E-state index in [2.05, 4.69) is 5.32 Å². The van der Waals surface area contributed by atoms with Gasteiger partial charge in [0.1, 0.15) is 0 Å².